The number of halogens is 1. The number of methoxy groups -OCH3 is 2. The van der Waals surface area contributed by atoms with Crippen LogP contribution in [0.4, 0.5) is 11.4 Å². The second kappa shape index (κ2) is 9.80. The number of nitrogens with zero attached hydrogens (tertiary/aromatic N) is 3. The van der Waals surface area contributed by atoms with Crippen LogP contribution in [-0.4, -0.2) is 61.2 Å². The highest BCUT2D eigenvalue weighted by molar-refractivity contribution is 7.80. The Morgan fingerprint density at radius 2 is 1.84 bits per heavy atom. The maximum atomic E-state index is 12.5. The number of hydrogen-bond acceptors (Lipinski definition) is 7. The number of benzene rings is 2. The molecular weight excluding hydrogens is 444 g/mol. The third-order valence-electron chi connectivity index (χ3n) is 4.92. The summed E-state index contributed by atoms with van der Waals surface area (Å²) < 4.78 is 10.2. The van der Waals surface area contributed by atoms with Crippen LogP contribution in [0.1, 0.15) is 10.4 Å². The van der Waals surface area contributed by atoms with Crippen LogP contribution in [0.15, 0.2) is 36.4 Å². The second-order valence-electron chi connectivity index (χ2n) is 6.69. The van der Waals surface area contributed by atoms with Gasteiger partial charge in [0, 0.05) is 31.7 Å². The van der Waals surface area contributed by atoms with Crippen molar-refractivity contribution in [2.75, 3.05) is 45.3 Å². The van der Waals surface area contributed by atoms with Gasteiger partial charge in [0.25, 0.3) is 11.6 Å². The fourth-order valence-corrected chi connectivity index (χ4v) is 3.78. The van der Waals surface area contributed by atoms with Gasteiger partial charge in [-0.1, -0.05) is 11.6 Å². The average Bonchev–Trinajstić information content (AvgIpc) is 2.78. The Hall–Kier alpha value is -3.11. The Bertz CT molecular complexity index is 1010. The number of rotatable bonds is 5. The van der Waals surface area contributed by atoms with Gasteiger partial charge in [-0.2, -0.15) is 0 Å². The van der Waals surface area contributed by atoms with E-state index in [1.807, 2.05) is 9.80 Å². The Labute approximate surface area is 189 Å². The monoisotopic (exact) mass is 464 g/mol. The number of anilines is 1. The zero-order valence-electron chi connectivity index (χ0n) is 17.0. The smallest absolute Gasteiger partial charge is 0.296 e. The lowest BCUT2D eigenvalue weighted by molar-refractivity contribution is -0.384. The average molecular weight is 465 g/mol. The van der Waals surface area contributed by atoms with E-state index in [0.717, 1.165) is 0 Å². The molecule has 2 aromatic rings. The predicted octanol–water partition coefficient (Wildman–Crippen LogP) is 3.10. The number of nitrogens with one attached hydrogen (secondary N) is 1. The minimum atomic E-state index is -0.422. The lowest BCUT2D eigenvalue weighted by Gasteiger charge is -2.37. The van der Waals surface area contributed by atoms with Crippen LogP contribution >= 0.6 is 23.8 Å². The first-order chi connectivity index (χ1) is 14.8. The summed E-state index contributed by atoms with van der Waals surface area (Å²) in [6.45, 7) is 2.03. The molecule has 11 heteroatoms. The second-order valence-corrected chi connectivity index (χ2v) is 7.49. The number of thiocarbonyl (C=S) groups is 1. The first-order valence-electron chi connectivity index (χ1n) is 9.35. The molecular formula is C20H21ClN4O5S. The van der Waals surface area contributed by atoms with Gasteiger partial charge in [-0.3, -0.25) is 20.2 Å². The molecule has 3 rings (SSSR count). The first-order valence-corrected chi connectivity index (χ1v) is 10.1. The topological polar surface area (TPSA) is 97.2 Å². The number of amides is 1. The number of carbonyl (C=O) groups is 1. The van der Waals surface area contributed by atoms with Crippen LogP contribution in [-0.2, 0) is 0 Å². The van der Waals surface area contributed by atoms with Gasteiger partial charge in [0.15, 0.2) is 5.11 Å². The molecule has 1 fully saturated rings. The van der Waals surface area contributed by atoms with Gasteiger partial charge in [-0.05, 0) is 42.5 Å². The highest BCUT2D eigenvalue weighted by Gasteiger charge is 2.26. The molecule has 0 atom stereocenters. The zero-order valence-corrected chi connectivity index (χ0v) is 18.5. The first kappa shape index (κ1) is 22.6. The number of carbonyl (C=O) groups excluding carboxylic acids is 1. The van der Waals surface area contributed by atoms with E-state index in [-0.39, 0.29) is 11.6 Å². The van der Waals surface area contributed by atoms with E-state index >= 15 is 0 Å². The maximum absolute atomic E-state index is 12.5. The summed E-state index contributed by atoms with van der Waals surface area (Å²) in [5, 5.41) is 14.8. The molecule has 0 bridgehead atoms. The van der Waals surface area contributed by atoms with E-state index in [1.54, 1.807) is 24.3 Å². The molecule has 1 saturated heterocycles. The van der Waals surface area contributed by atoms with E-state index in [4.69, 9.17) is 33.3 Å². The van der Waals surface area contributed by atoms with Crippen molar-refractivity contribution in [1.82, 2.24) is 10.2 Å². The molecule has 0 saturated carbocycles. The van der Waals surface area contributed by atoms with Crippen molar-refractivity contribution in [3.05, 3.63) is 57.1 Å². The van der Waals surface area contributed by atoms with Gasteiger partial charge in [-0.25, -0.2) is 0 Å². The van der Waals surface area contributed by atoms with Crippen LogP contribution < -0.4 is 19.7 Å². The van der Waals surface area contributed by atoms with Crippen molar-refractivity contribution in [2.24, 2.45) is 0 Å². The largest absolute Gasteiger partial charge is 0.496 e. The maximum Gasteiger partial charge on any atom is 0.296 e. The van der Waals surface area contributed by atoms with Crippen LogP contribution in [0.5, 0.6) is 11.5 Å². The van der Waals surface area contributed by atoms with Crippen molar-refractivity contribution >= 4 is 46.2 Å². The van der Waals surface area contributed by atoms with E-state index < -0.39 is 4.92 Å². The van der Waals surface area contributed by atoms with E-state index in [1.165, 1.54) is 26.4 Å². The highest BCUT2D eigenvalue weighted by Crippen LogP contribution is 2.32. The van der Waals surface area contributed by atoms with Crippen molar-refractivity contribution in [3.8, 4) is 11.5 Å². The van der Waals surface area contributed by atoms with E-state index in [0.29, 0.717) is 59.1 Å². The van der Waals surface area contributed by atoms with E-state index in [9.17, 15) is 14.9 Å². The predicted molar refractivity (Wildman–Crippen MR) is 122 cm³/mol. The van der Waals surface area contributed by atoms with Crippen LogP contribution in [0.2, 0.25) is 5.02 Å². The van der Waals surface area contributed by atoms with Crippen LogP contribution in [0, 0.1) is 10.1 Å². The summed E-state index contributed by atoms with van der Waals surface area (Å²) >= 11 is 11.5. The third-order valence-corrected chi connectivity index (χ3v) is 5.58. The van der Waals surface area contributed by atoms with Crippen molar-refractivity contribution < 1.29 is 19.2 Å². The molecule has 9 nitrogen and oxygen atoms in total. The number of piperazine rings is 1. The summed E-state index contributed by atoms with van der Waals surface area (Å²) in [7, 11) is 2.96. The molecule has 1 heterocycles. The Kier molecular flexibility index (Phi) is 7.13. The molecule has 0 aromatic heterocycles. The Morgan fingerprint density at radius 1 is 1.13 bits per heavy atom. The molecule has 0 radical (unpaired) electrons. The summed E-state index contributed by atoms with van der Waals surface area (Å²) in [5.41, 5.74) is 0.869. The van der Waals surface area contributed by atoms with Gasteiger partial charge in [-0.15, -0.1) is 0 Å². The molecule has 1 amide bonds. The standard InChI is InChI=1S/C20H21ClN4O5S/c1-29-14-4-5-16(17(12-14)25(27)28)23-7-9-24(10-8-23)20(31)22-19(26)13-3-6-18(30-2)15(21)11-13/h3-6,11-12H,7-10H2,1-2H3,(H,22,26,31). The third kappa shape index (κ3) is 5.15. The van der Waals surface area contributed by atoms with Gasteiger partial charge in [0.2, 0.25) is 0 Å². The van der Waals surface area contributed by atoms with Gasteiger partial charge in [0.1, 0.15) is 17.2 Å². The fraction of sp³-hybridized carbons (Fsp3) is 0.300. The Balaban J connectivity index is 1.62. The number of nitro groups is 1. The summed E-state index contributed by atoms with van der Waals surface area (Å²) in [6.07, 6.45) is 0. The van der Waals surface area contributed by atoms with Crippen molar-refractivity contribution in [3.63, 3.8) is 0 Å². The normalized spacial score (nSPS) is 13.5. The van der Waals surface area contributed by atoms with Gasteiger partial charge in [0.05, 0.1) is 30.2 Å². The summed E-state index contributed by atoms with van der Waals surface area (Å²) in [4.78, 5) is 27.3. The number of ether oxygens (including phenoxy) is 2. The van der Waals surface area contributed by atoms with Crippen molar-refractivity contribution in [2.45, 2.75) is 0 Å². The molecule has 164 valence electrons. The van der Waals surface area contributed by atoms with E-state index in [2.05, 4.69) is 5.32 Å². The molecule has 1 N–H and O–H groups in total. The Morgan fingerprint density at radius 3 is 2.42 bits per heavy atom. The van der Waals surface area contributed by atoms with Crippen molar-refractivity contribution in [1.29, 1.82) is 0 Å². The quantitative estimate of drug-likeness (QED) is 0.409. The summed E-state index contributed by atoms with van der Waals surface area (Å²) in [6, 6.07) is 9.51. The molecule has 31 heavy (non-hydrogen) atoms. The van der Waals surface area contributed by atoms with Crippen LogP contribution in [0.3, 0.4) is 0 Å². The van der Waals surface area contributed by atoms with Crippen LogP contribution in [0.25, 0.3) is 0 Å². The lowest BCUT2D eigenvalue weighted by Crippen LogP contribution is -2.52. The molecule has 0 aliphatic carbocycles. The molecule has 0 unspecified atom stereocenters. The van der Waals surface area contributed by atoms with Gasteiger partial charge >= 0.3 is 0 Å². The number of nitro benzene ring substituents is 1. The minimum Gasteiger partial charge on any atom is -0.496 e. The molecule has 2 aromatic carbocycles. The SMILES string of the molecule is COc1ccc(N2CCN(C(=S)NC(=O)c3ccc(OC)c(Cl)c3)CC2)c([N+](=O)[O-])c1. The lowest BCUT2D eigenvalue weighted by atomic mass is 10.2. The molecule has 1 aliphatic rings. The summed E-state index contributed by atoms with van der Waals surface area (Å²) in [5.74, 6) is 0.531. The number of hydrogen-bond donors (Lipinski definition) is 1. The highest BCUT2D eigenvalue weighted by atomic mass is 35.5. The molecule has 1 aliphatic heterocycles. The molecule has 0 spiro atoms. The fourth-order valence-electron chi connectivity index (χ4n) is 3.25. The van der Waals surface area contributed by atoms with Gasteiger partial charge < -0.3 is 19.3 Å². The zero-order chi connectivity index (χ0) is 22.5. The minimum absolute atomic E-state index is 0.0138.